The Labute approximate surface area is 165 Å². The molecule has 1 aliphatic carbocycles. The molecule has 0 N–H and O–H groups in total. The number of rotatable bonds is 6. The molecular weight excluding hydrogens is 354 g/mol. The maximum atomic E-state index is 11.8. The maximum Gasteiger partial charge on any atom is 0.253 e. The van der Waals surface area contributed by atoms with Crippen molar-refractivity contribution in [3.63, 3.8) is 0 Å². The minimum Gasteiger partial charge on any atom is -0.363 e. The average molecular weight is 384 g/mol. The number of likely N-dealkylation sites (tertiary alicyclic amines) is 1. The van der Waals surface area contributed by atoms with Gasteiger partial charge < -0.3 is 14.4 Å². The summed E-state index contributed by atoms with van der Waals surface area (Å²) in [6.07, 6.45) is 7.98. The Morgan fingerprint density at radius 2 is 1.68 bits per heavy atom. The van der Waals surface area contributed by atoms with Crippen molar-refractivity contribution < 1.29 is 0 Å². The minimum absolute atomic E-state index is 0.000234. The van der Waals surface area contributed by atoms with Gasteiger partial charge in [-0.05, 0) is 25.7 Å². The monoisotopic (exact) mass is 383 g/mol. The first-order valence-corrected chi connectivity index (χ1v) is 10.0. The number of aryl methyl sites for hydroxylation is 1. The SMILES string of the molecule is CN(C)c1cc(N(C2CC2)C2CCN(Cc3cc(=O)n(C)cn3)CC2)ncn1. The van der Waals surface area contributed by atoms with Crippen molar-refractivity contribution >= 4 is 11.6 Å². The Kier molecular flexibility index (Phi) is 5.30. The minimum atomic E-state index is 0.000234. The van der Waals surface area contributed by atoms with Gasteiger partial charge in [0.25, 0.3) is 5.56 Å². The van der Waals surface area contributed by atoms with Crippen LogP contribution < -0.4 is 15.4 Å². The molecule has 0 unspecified atom stereocenters. The van der Waals surface area contributed by atoms with Gasteiger partial charge in [0.15, 0.2) is 0 Å². The van der Waals surface area contributed by atoms with Crippen molar-refractivity contribution in [2.75, 3.05) is 37.0 Å². The lowest BCUT2D eigenvalue weighted by Crippen LogP contribution is -2.46. The maximum absolute atomic E-state index is 11.8. The molecule has 0 aromatic carbocycles. The third-order valence-corrected chi connectivity index (χ3v) is 5.67. The van der Waals surface area contributed by atoms with Crippen LogP contribution in [0.25, 0.3) is 0 Å². The third kappa shape index (κ3) is 4.16. The first-order chi connectivity index (χ1) is 13.5. The van der Waals surface area contributed by atoms with E-state index in [4.69, 9.17) is 0 Å². The summed E-state index contributed by atoms with van der Waals surface area (Å²) >= 11 is 0. The molecule has 0 atom stereocenters. The molecule has 1 aliphatic heterocycles. The molecule has 1 saturated heterocycles. The van der Waals surface area contributed by atoms with Crippen molar-refractivity contribution in [3.05, 3.63) is 40.8 Å². The van der Waals surface area contributed by atoms with E-state index in [2.05, 4.69) is 30.8 Å². The third-order valence-electron chi connectivity index (χ3n) is 5.67. The normalized spacial score (nSPS) is 18.2. The van der Waals surface area contributed by atoms with Crippen molar-refractivity contribution in [3.8, 4) is 0 Å². The number of nitrogens with zero attached hydrogens (tertiary/aromatic N) is 7. The van der Waals surface area contributed by atoms with Crippen LogP contribution in [0.4, 0.5) is 11.6 Å². The summed E-state index contributed by atoms with van der Waals surface area (Å²) in [5, 5.41) is 0. The molecule has 0 radical (unpaired) electrons. The molecule has 2 aromatic heterocycles. The number of hydrogen-bond donors (Lipinski definition) is 0. The highest BCUT2D eigenvalue weighted by Crippen LogP contribution is 2.36. The van der Waals surface area contributed by atoms with E-state index in [-0.39, 0.29) is 5.56 Å². The topological polar surface area (TPSA) is 70.4 Å². The van der Waals surface area contributed by atoms with Crippen LogP contribution in [0.15, 0.2) is 29.6 Å². The fourth-order valence-electron chi connectivity index (χ4n) is 3.92. The van der Waals surface area contributed by atoms with Crippen LogP contribution >= 0.6 is 0 Å². The molecule has 3 heterocycles. The van der Waals surface area contributed by atoms with Gasteiger partial charge >= 0.3 is 0 Å². The fraction of sp³-hybridized carbons (Fsp3) is 0.600. The van der Waals surface area contributed by atoms with Gasteiger partial charge in [-0.3, -0.25) is 9.69 Å². The van der Waals surface area contributed by atoms with Gasteiger partial charge in [-0.1, -0.05) is 0 Å². The highest BCUT2D eigenvalue weighted by molar-refractivity contribution is 5.51. The quantitative estimate of drug-likeness (QED) is 0.744. The van der Waals surface area contributed by atoms with Crippen molar-refractivity contribution in [2.24, 2.45) is 7.05 Å². The molecule has 4 rings (SSSR count). The van der Waals surface area contributed by atoms with Gasteiger partial charge in [0.2, 0.25) is 0 Å². The summed E-state index contributed by atoms with van der Waals surface area (Å²) in [5.74, 6) is 2.00. The number of piperidine rings is 1. The molecule has 1 saturated carbocycles. The highest BCUT2D eigenvalue weighted by atomic mass is 16.1. The smallest absolute Gasteiger partial charge is 0.253 e. The van der Waals surface area contributed by atoms with E-state index in [1.165, 1.54) is 17.4 Å². The first-order valence-electron chi connectivity index (χ1n) is 10.0. The van der Waals surface area contributed by atoms with Gasteiger partial charge in [0.1, 0.15) is 18.0 Å². The lowest BCUT2D eigenvalue weighted by molar-refractivity contribution is 0.198. The Balaban J connectivity index is 1.42. The number of anilines is 2. The van der Waals surface area contributed by atoms with Crippen LogP contribution in [-0.4, -0.2) is 63.7 Å². The Bertz CT molecular complexity index is 869. The van der Waals surface area contributed by atoms with Crippen LogP contribution in [-0.2, 0) is 13.6 Å². The van der Waals surface area contributed by atoms with Crippen molar-refractivity contribution in [1.29, 1.82) is 0 Å². The summed E-state index contributed by atoms with van der Waals surface area (Å²) < 4.78 is 1.51. The zero-order valence-electron chi connectivity index (χ0n) is 17.0. The number of aromatic nitrogens is 4. The Morgan fingerprint density at radius 3 is 2.32 bits per heavy atom. The second-order valence-corrected chi connectivity index (χ2v) is 8.10. The lowest BCUT2D eigenvalue weighted by atomic mass is 10.0. The van der Waals surface area contributed by atoms with Crippen LogP contribution in [0.5, 0.6) is 0 Å². The van der Waals surface area contributed by atoms with Crippen molar-refractivity contribution in [1.82, 2.24) is 24.4 Å². The summed E-state index contributed by atoms with van der Waals surface area (Å²) in [5.41, 5.74) is 0.854. The van der Waals surface area contributed by atoms with Crippen molar-refractivity contribution in [2.45, 2.75) is 44.3 Å². The molecule has 0 bridgehead atoms. The van der Waals surface area contributed by atoms with E-state index in [1.54, 1.807) is 25.8 Å². The Morgan fingerprint density at radius 1 is 1.00 bits per heavy atom. The molecule has 2 fully saturated rings. The van der Waals surface area contributed by atoms with Crippen LogP contribution in [0.1, 0.15) is 31.4 Å². The first kappa shape index (κ1) is 18.9. The van der Waals surface area contributed by atoms with Crippen LogP contribution in [0.2, 0.25) is 0 Å². The molecule has 2 aromatic rings. The summed E-state index contributed by atoms with van der Waals surface area (Å²) in [7, 11) is 5.75. The predicted molar refractivity (Wildman–Crippen MR) is 110 cm³/mol. The lowest BCUT2D eigenvalue weighted by Gasteiger charge is -2.39. The van der Waals surface area contributed by atoms with E-state index in [0.29, 0.717) is 12.1 Å². The van der Waals surface area contributed by atoms with Gasteiger partial charge in [0.05, 0.1) is 12.0 Å². The van der Waals surface area contributed by atoms with E-state index >= 15 is 0 Å². The van der Waals surface area contributed by atoms with E-state index < -0.39 is 0 Å². The van der Waals surface area contributed by atoms with E-state index in [1.807, 2.05) is 19.0 Å². The molecular formula is C20H29N7O. The standard InChI is InChI=1S/C20H29N7O/c1-24(2)18-11-19(22-13-21-18)27(16-4-5-16)17-6-8-26(9-7-17)12-15-10-20(28)25(3)14-23-15/h10-11,13-14,16-17H,4-9,12H2,1-3H3. The van der Waals surface area contributed by atoms with E-state index in [9.17, 15) is 4.79 Å². The van der Waals surface area contributed by atoms with Crippen LogP contribution in [0.3, 0.4) is 0 Å². The summed E-state index contributed by atoms with van der Waals surface area (Å²) in [6, 6.07) is 4.87. The number of hydrogen-bond acceptors (Lipinski definition) is 7. The highest BCUT2D eigenvalue weighted by Gasteiger charge is 2.36. The van der Waals surface area contributed by atoms with Gasteiger partial charge in [-0.25, -0.2) is 15.0 Å². The van der Waals surface area contributed by atoms with Gasteiger partial charge in [-0.15, -0.1) is 0 Å². The summed E-state index contributed by atoms with van der Waals surface area (Å²) in [4.78, 5) is 32.1. The second kappa shape index (κ2) is 7.87. The average Bonchev–Trinajstić information content (AvgIpc) is 3.52. The molecule has 2 aliphatic rings. The molecule has 8 heteroatoms. The second-order valence-electron chi connectivity index (χ2n) is 8.10. The molecule has 8 nitrogen and oxygen atoms in total. The van der Waals surface area contributed by atoms with Gasteiger partial charge in [-0.2, -0.15) is 0 Å². The molecule has 28 heavy (non-hydrogen) atoms. The molecule has 0 spiro atoms. The predicted octanol–water partition coefficient (Wildman–Crippen LogP) is 1.27. The summed E-state index contributed by atoms with van der Waals surface area (Å²) in [6.45, 7) is 2.76. The molecule has 0 amide bonds. The zero-order chi connectivity index (χ0) is 19.7. The fourth-order valence-corrected chi connectivity index (χ4v) is 3.92. The Hall–Kier alpha value is -2.48. The van der Waals surface area contributed by atoms with Gasteiger partial charge in [0, 0.05) is 65.0 Å². The van der Waals surface area contributed by atoms with E-state index in [0.717, 1.165) is 49.8 Å². The largest absolute Gasteiger partial charge is 0.363 e. The van der Waals surface area contributed by atoms with Crippen LogP contribution in [0, 0.1) is 0 Å². The zero-order valence-corrected chi connectivity index (χ0v) is 17.0. The molecule has 150 valence electrons.